The number of hydrogen-bond donors (Lipinski definition) is 1. The molecular formula is C11H23N. The van der Waals surface area contributed by atoms with E-state index >= 15 is 0 Å². The van der Waals surface area contributed by atoms with Gasteiger partial charge >= 0.3 is 0 Å². The summed E-state index contributed by atoms with van der Waals surface area (Å²) in [7, 11) is 2.07. The highest BCUT2D eigenvalue weighted by atomic mass is 14.9. The molecular weight excluding hydrogens is 146 g/mol. The Morgan fingerprint density at radius 2 is 1.92 bits per heavy atom. The molecule has 1 fully saturated rings. The topological polar surface area (TPSA) is 12.0 Å². The summed E-state index contributed by atoms with van der Waals surface area (Å²) in [5.74, 6) is 1.77. The Kier molecular flexibility index (Phi) is 2.82. The maximum absolute atomic E-state index is 3.38. The van der Waals surface area contributed by atoms with Crippen molar-refractivity contribution in [1.29, 1.82) is 0 Å². The Hall–Kier alpha value is -0.0400. The first-order chi connectivity index (χ1) is 5.46. The van der Waals surface area contributed by atoms with Crippen LogP contribution in [0, 0.1) is 17.3 Å². The van der Waals surface area contributed by atoms with Crippen LogP contribution < -0.4 is 5.32 Å². The monoisotopic (exact) mass is 169 g/mol. The minimum atomic E-state index is 0.579. The zero-order chi connectivity index (χ0) is 9.35. The summed E-state index contributed by atoms with van der Waals surface area (Å²) in [5.41, 5.74) is 0.579. The zero-order valence-corrected chi connectivity index (χ0v) is 9.15. The molecule has 3 unspecified atom stereocenters. The van der Waals surface area contributed by atoms with Crippen LogP contribution in [0.25, 0.3) is 0 Å². The summed E-state index contributed by atoms with van der Waals surface area (Å²) in [6, 6.07) is 0.682. The smallest absolute Gasteiger partial charge is 0.00667 e. The zero-order valence-electron chi connectivity index (χ0n) is 9.15. The standard InChI is InChI=1S/C11H23N/c1-8-6-11(3,4)7-10(8)9(2)12-5/h8-10,12H,6-7H2,1-5H3. The second-order valence-electron chi connectivity index (χ2n) is 5.29. The molecule has 0 radical (unpaired) electrons. The molecule has 1 saturated carbocycles. The molecule has 3 atom stereocenters. The first kappa shape index (κ1) is 10.0. The van der Waals surface area contributed by atoms with Crippen molar-refractivity contribution in [2.45, 2.75) is 46.6 Å². The molecule has 0 amide bonds. The van der Waals surface area contributed by atoms with E-state index in [2.05, 4.69) is 40.1 Å². The van der Waals surface area contributed by atoms with E-state index in [1.807, 2.05) is 0 Å². The lowest BCUT2D eigenvalue weighted by Crippen LogP contribution is -2.32. The molecule has 0 aromatic carbocycles. The van der Waals surface area contributed by atoms with Gasteiger partial charge in [-0.1, -0.05) is 20.8 Å². The summed E-state index contributed by atoms with van der Waals surface area (Å²) in [4.78, 5) is 0. The quantitative estimate of drug-likeness (QED) is 0.670. The van der Waals surface area contributed by atoms with E-state index in [0.29, 0.717) is 11.5 Å². The summed E-state index contributed by atoms with van der Waals surface area (Å²) in [6.45, 7) is 9.49. The predicted octanol–water partition coefficient (Wildman–Crippen LogP) is 2.67. The molecule has 1 aliphatic rings. The molecule has 12 heavy (non-hydrogen) atoms. The molecule has 0 aromatic heterocycles. The SMILES string of the molecule is CNC(C)C1CC(C)(C)CC1C. The molecule has 0 heterocycles. The van der Waals surface area contributed by atoms with Gasteiger partial charge < -0.3 is 5.32 Å². The number of rotatable bonds is 2. The average molecular weight is 169 g/mol. The van der Waals surface area contributed by atoms with Crippen molar-refractivity contribution < 1.29 is 0 Å². The normalized spacial score (nSPS) is 36.8. The Morgan fingerprint density at radius 1 is 1.33 bits per heavy atom. The molecule has 0 spiro atoms. The van der Waals surface area contributed by atoms with Crippen molar-refractivity contribution in [3.8, 4) is 0 Å². The first-order valence-corrected chi connectivity index (χ1v) is 5.13. The Morgan fingerprint density at radius 3 is 2.25 bits per heavy atom. The molecule has 0 aromatic rings. The van der Waals surface area contributed by atoms with Gasteiger partial charge in [0.05, 0.1) is 0 Å². The summed E-state index contributed by atoms with van der Waals surface area (Å²) in [5, 5.41) is 3.38. The number of nitrogens with one attached hydrogen (secondary N) is 1. The fourth-order valence-corrected chi connectivity index (χ4v) is 2.83. The second-order valence-corrected chi connectivity index (χ2v) is 5.29. The lowest BCUT2D eigenvalue weighted by Gasteiger charge is -2.23. The van der Waals surface area contributed by atoms with E-state index < -0.39 is 0 Å². The molecule has 1 heteroatoms. The van der Waals surface area contributed by atoms with Crippen LogP contribution in [0.1, 0.15) is 40.5 Å². The largest absolute Gasteiger partial charge is 0.317 e. The van der Waals surface area contributed by atoms with Crippen LogP contribution in [0.2, 0.25) is 0 Å². The second kappa shape index (κ2) is 3.37. The van der Waals surface area contributed by atoms with Crippen LogP contribution in [0.5, 0.6) is 0 Å². The lowest BCUT2D eigenvalue weighted by atomic mass is 9.89. The van der Waals surface area contributed by atoms with Crippen LogP contribution in [0.15, 0.2) is 0 Å². The van der Waals surface area contributed by atoms with Crippen LogP contribution in [-0.2, 0) is 0 Å². The van der Waals surface area contributed by atoms with Gasteiger partial charge in [0.1, 0.15) is 0 Å². The molecule has 0 bridgehead atoms. The maximum Gasteiger partial charge on any atom is 0.00667 e. The Labute approximate surface area is 76.9 Å². The van der Waals surface area contributed by atoms with Gasteiger partial charge in [-0.25, -0.2) is 0 Å². The molecule has 1 N–H and O–H groups in total. The highest BCUT2D eigenvalue weighted by Crippen LogP contribution is 2.45. The van der Waals surface area contributed by atoms with Crippen LogP contribution >= 0.6 is 0 Å². The van der Waals surface area contributed by atoms with E-state index in [0.717, 1.165) is 11.8 Å². The third-order valence-corrected chi connectivity index (χ3v) is 3.49. The van der Waals surface area contributed by atoms with Crippen molar-refractivity contribution in [3.63, 3.8) is 0 Å². The summed E-state index contributed by atoms with van der Waals surface area (Å²) < 4.78 is 0. The van der Waals surface area contributed by atoms with Crippen molar-refractivity contribution >= 4 is 0 Å². The lowest BCUT2D eigenvalue weighted by molar-refractivity contribution is 0.314. The minimum Gasteiger partial charge on any atom is -0.317 e. The van der Waals surface area contributed by atoms with Crippen molar-refractivity contribution in [2.24, 2.45) is 17.3 Å². The van der Waals surface area contributed by atoms with Gasteiger partial charge in [-0.05, 0) is 44.1 Å². The van der Waals surface area contributed by atoms with Crippen molar-refractivity contribution in [3.05, 3.63) is 0 Å². The number of hydrogen-bond acceptors (Lipinski definition) is 1. The fraction of sp³-hybridized carbons (Fsp3) is 1.00. The third kappa shape index (κ3) is 2.01. The summed E-state index contributed by atoms with van der Waals surface area (Å²) >= 11 is 0. The first-order valence-electron chi connectivity index (χ1n) is 5.13. The van der Waals surface area contributed by atoms with Gasteiger partial charge in [0.2, 0.25) is 0 Å². The fourth-order valence-electron chi connectivity index (χ4n) is 2.83. The van der Waals surface area contributed by atoms with Crippen molar-refractivity contribution in [1.82, 2.24) is 5.32 Å². The average Bonchev–Trinajstić information content (AvgIpc) is 2.23. The maximum atomic E-state index is 3.38. The van der Waals surface area contributed by atoms with Gasteiger partial charge in [-0.3, -0.25) is 0 Å². The molecule has 1 aliphatic carbocycles. The molecule has 0 aliphatic heterocycles. The predicted molar refractivity (Wildman–Crippen MR) is 54.2 cm³/mol. The van der Waals surface area contributed by atoms with Gasteiger partial charge in [-0.15, -0.1) is 0 Å². The molecule has 1 rings (SSSR count). The van der Waals surface area contributed by atoms with Crippen LogP contribution in [0.4, 0.5) is 0 Å². The van der Waals surface area contributed by atoms with E-state index in [1.54, 1.807) is 0 Å². The van der Waals surface area contributed by atoms with Gasteiger partial charge in [-0.2, -0.15) is 0 Å². The minimum absolute atomic E-state index is 0.579. The van der Waals surface area contributed by atoms with E-state index in [9.17, 15) is 0 Å². The third-order valence-electron chi connectivity index (χ3n) is 3.49. The van der Waals surface area contributed by atoms with E-state index in [1.165, 1.54) is 12.8 Å². The molecule has 72 valence electrons. The Bertz CT molecular complexity index is 151. The molecule has 0 saturated heterocycles. The van der Waals surface area contributed by atoms with Gasteiger partial charge in [0.25, 0.3) is 0 Å². The van der Waals surface area contributed by atoms with E-state index in [-0.39, 0.29) is 0 Å². The van der Waals surface area contributed by atoms with Crippen molar-refractivity contribution in [2.75, 3.05) is 7.05 Å². The van der Waals surface area contributed by atoms with Gasteiger partial charge in [0.15, 0.2) is 0 Å². The van der Waals surface area contributed by atoms with Crippen LogP contribution in [0.3, 0.4) is 0 Å². The van der Waals surface area contributed by atoms with Crippen LogP contribution in [-0.4, -0.2) is 13.1 Å². The highest BCUT2D eigenvalue weighted by molar-refractivity contribution is 4.90. The summed E-state index contributed by atoms with van der Waals surface area (Å²) in [6.07, 6.45) is 2.78. The Balaban J connectivity index is 2.57. The van der Waals surface area contributed by atoms with Gasteiger partial charge in [0, 0.05) is 6.04 Å². The highest BCUT2D eigenvalue weighted by Gasteiger charge is 2.38. The molecule has 1 nitrogen and oxygen atoms in total. The van der Waals surface area contributed by atoms with E-state index in [4.69, 9.17) is 0 Å².